The van der Waals surface area contributed by atoms with Crippen LogP contribution in [0.3, 0.4) is 0 Å². The average Bonchev–Trinajstić information content (AvgIpc) is 2.73. The summed E-state index contributed by atoms with van der Waals surface area (Å²) in [4.78, 5) is 28.9. The molecule has 1 atom stereocenters. The number of hydrogen-bond donors (Lipinski definition) is 2. The number of aromatic nitrogens is 2. The van der Waals surface area contributed by atoms with Gasteiger partial charge >= 0.3 is 0 Å². The molecule has 8 nitrogen and oxygen atoms in total. The molecule has 150 valence electrons. The van der Waals surface area contributed by atoms with E-state index in [2.05, 4.69) is 10.3 Å². The van der Waals surface area contributed by atoms with E-state index in [1.54, 1.807) is 18.2 Å². The van der Waals surface area contributed by atoms with Gasteiger partial charge in [0, 0.05) is 6.04 Å². The third kappa shape index (κ3) is 3.93. The maximum absolute atomic E-state index is 12.8. The van der Waals surface area contributed by atoms with Gasteiger partial charge in [-0.3, -0.25) is 14.2 Å². The molecule has 0 saturated heterocycles. The zero-order chi connectivity index (χ0) is 20.4. The molecule has 2 aromatic carbocycles. The Hall–Kier alpha value is -3.39. The monoisotopic (exact) mass is 394 g/mol. The minimum absolute atomic E-state index is 0.0452. The number of nitrogens with one attached hydrogen (secondary N) is 1. The van der Waals surface area contributed by atoms with Gasteiger partial charge in [0.2, 0.25) is 5.91 Å². The van der Waals surface area contributed by atoms with Gasteiger partial charge in [0.25, 0.3) is 5.56 Å². The van der Waals surface area contributed by atoms with E-state index in [-0.39, 0.29) is 18.1 Å². The number of benzene rings is 2. The predicted molar refractivity (Wildman–Crippen MR) is 108 cm³/mol. The van der Waals surface area contributed by atoms with Crippen molar-refractivity contribution in [1.29, 1.82) is 0 Å². The summed E-state index contributed by atoms with van der Waals surface area (Å²) in [5.41, 5.74) is 6.66. The van der Waals surface area contributed by atoms with Crippen LogP contribution in [0.2, 0.25) is 0 Å². The van der Waals surface area contributed by atoms with Crippen molar-refractivity contribution in [3.8, 4) is 11.5 Å². The zero-order valence-corrected chi connectivity index (χ0v) is 16.1. The third-order valence-corrected chi connectivity index (χ3v) is 4.89. The van der Waals surface area contributed by atoms with E-state index in [1.165, 1.54) is 4.57 Å². The molecule has 1 aliphatic heterocycles. The number of primary amides is 1. The van der Waals surface area contributed by atoms with E-state index in [0.29, 0.717) is 36.5 Å². The highest BCUT2D eigenvalue weighted by Crippen LogP contribution is 2.32. The summed E-state index contributed by atoms with van der Waals surface area (Å²) in [5, 5.41) is 3.81. The van der Waals surface area contributed by atoms with E-state index in [9.17, 15) is 9.59 Å². The molecule has 0 fully saturated rings. The second kappa shape index (κ2) is 7.92. The van der Waals surface area contributed by atoms with Crippen LogP contribution in [-0.2, 0) is 17.9 Å². The highest BCUT2D eigenvalue weighted by Gasteiger charge is 2.16. The molecule has 1 aliphatic rings. The lowest BCUT2D eigenvalue weighted by molar-refractivity contribution is -0.118. The van der Waals surface area contributed by atoms with Gasteiger partial charge in [0.05, 0.1) is 17.4 Å². The number of para-hydroxylation sites is 1. The van der Waals surface area contributed by atoms with Crippen molar-refractivity contribution in [3.05, 3.63) is 64.2 Å². The lowest BCUT2D eigenvalue weighted by Crippen LogP contribution is -2.33. The summed E-state index contributed by atoms with van der Waals surface area (Å²) < 4.78 is 12.5. The van der Waals surface area contributed by atoms with E-state index in [1.807, 2.05) is 31.2 Å². The Labute approximate surface area is 167 Å². The van der Waals surface area contributed by atoms with Crippen LogP contribution in [0.1, 0.15) is 24.4 Å². The molecular formula is C21H22N4O4. The number of carbonyl (C=O) groups excluding carboxylic acids is 1. The normalized spacial score (nSPS) is 14.0. The predicted octanol–water partition coefficient (Wildman–Crippen LogP) is 1.50. The number of rotatable bonds is 6. The van der Waals surface area contributed by atoms with Gasteiger partial charge in [-0.2, -0.15) is 0 Å². The quantitative estimate of drug-likeness (QED) is 0.656. The number of nitrogens with zero attached hydrogens (tertiary/aromatic N) is 2. The minimum Gasteiger partial charge on any atom is -0.486 e. The molecule has 29 heavy (non-hydrogen) atoms. The van der Waals surface area contributed by atoms with Crippen molar-refractivity contribution in [2.24, 2.45) is 5.73 Å². The number of ether oxygens (including phenoxy) is 2. The molecule has 1 aromatic heterocycles. The second-order valence-electron chi connectivity index (χ2n) is 6.91. The Bertz CT molecular complexity index is 1130. The molecule has 0 aliphatic carbocycles. The zero-order valence-electron chi connectivity index (χ0n) is 16.1. The van der Waals surface area contributed by atoms with Crippen LogP contribution >= 0.6 is 0 Å². The molecule has 3 N–H and O–H groups in total. The van der Waals surface area contributed by atoms with Gasteiger partial charge in [-0.15, -0.1) is 0 Å². The number of fused-ring (bicyclic) bond motifs is 2. The van der Waals surface area contributed by atoms with Crippen LogP contribution in [0, 0.1) is 0 Å². The number of hydrogen-bond acceptors (Lipinski definition) is 6. The van der Waals surface area contributed by atoms with Crippen molar-refractivity contribution in [2.75, 3.05) is 13.2 Å². The van der Waals surface area contributed by atoms with Gasteiger partial charge < -0.3 is 20.5 Å². The summed E-state index contributed by atoms with van der Waals surface area (Å²) in [6, 6.07) is 12.8. The first kappa shape index (κ1) is 18.9. The van der Waals surface area contributed by atoms with Crippen molar-refractivity contribution in [3.63, 3.8) is 0 Å². The topological polar surface area (TPSA) is 108 Å². The van der Waals surface area contributed by atoms with Crippen molar-refractivity contribution >= 4 is 16.8 Å². The standard InChI is InChI=1S/C21H22N4O4/c1-13(14-6-7-17-18(10-14)29-9-8-28-17)23-11-20-24-16-5-3-2-4-15(16)21(27)25(20)12-19(22)26/h2-7,10,13,23H,8-9,11-12H2,1H3,(H2,22,26). The lowest BCUT2D eigenvalue weighted by Gasteiger charge is -2.21. The average molecular weight is 394 g/mol. The Balaban J connectivity index is 1.60. The second-order valence-corrected chi connectivity index (χ2v) is 6.91. The molecule has 0 saturated carbocycles. The fourth-order valence-corrected chi connectivity index (χ4v) is 3.36. The molecule has 4 rings (SSSR count). The van der Waals surface area contributed by atoms with Crippen LogP contribution in [0.5, 0.6) is 11.5 Å². The van der Waals surface area contributed by atoms with Crippen LogP contribution in [-0.4, -0.2) is 28.7 Å². The van der Waals surface area contributed by atoms with Gasteiger partial charge in [0.1, 0.15) is 25.6 Å². The lowest BCUT2D eigenvalue weighted by atomic mass is 10.1. The SMILES string of the molecule is CC(NCc1nc2ccccc2c(=O)n1CC(N)=O)c1ccc2c(c1)OCCO2. The molecule has 3 aromatic rings. The minimum atomic E-state index is -0.592. The highest BCUT2D eigenvalue weighted by molar-refractivity contribution is 5.78. The molecular weight excluding hydrogens is 372 g/mol. The molecule has 8 heteroatoms. The summed E-state index contributed by atoms with van der Waals surface area (Å²) in [5.74, 6) is 1.32. The van der Waals surface area contributed by atoms with E-state index < -0.39 is 5.91 Å². The summed E-state index contributed by atoms with van der Waals surface area (Å²) in [7, 11) is 0. The van der Waals surface area contributed by atoms with E-state index in [4.69, 9.17) is 15.2 Å². The Morgan fingerprint density at radius 1 is 1.21 bits per heavy atom. The number of carbonyl (C=O) groups is 1. The molecule has 1 amide bonds. The van der Waals surface area contributed by atoms with Gasteiger partial charge in [-0.05, 0) is 36.8 Å². The molecule has 0 radical (unpaired) electrons. The maximum atomic E-state index is 12.8. The summed E-state index contributed by atoms with van der Waals surface area (Å²) in [6.07, 6.45) is 0. The van der Waals surface area contributed by atoms with Crippen LogP contribution in [0.25, 0.3) is 10.9 Å². The Morgan fingerprint density at radius 2 is 1.97 bits per heavy atom. The molecule has 2 heterocycles. The molecule has 0 bridgehead atoms. The highest BCUT2D eigenvalue weighted by atomic mass is 16.6. The van der Waals surface area contributed by atoms with E-state index in [0.717, 1.165) is 17.1 Å². The fraction of sp³-hybridized carbons (Fsp3) is 0.286. The fourth-order valence-electron chi connectivity index (χ4n) is 3.36. The molecule has 0 spiro atoms. The van der Waals surface area contributed by atoms with Crippen molar-refractivity contribution < 1.29 is 14.3 Å². The van der Waals surface area contributed by atoms with Crippen LogP contribution in [0.15, 0.2) is 47.3 Å². The van der Waals surface area contributed by atoms with Gasteiger partial charge in [-0.1, -0.05) is 18.2 Å². The van der Waals surface area contributed by atoms with Crippen molar-refractivity contribution in [2.45, 2.75) is 26.1 Å². The largest absolute Gasteiger partial charge is 0.486 e. The van der Waals surface area contributed by atoms with E-state index >= 15 is 0 Å². The number of amides is 1. The first-order valence-corrected chi connectivity index (χ1v) is 9.42. The molecule has 1 unspecified atom stereocenters. The van der Waals surface area contributed by atoms with Crippen LogP contribution < -0.4 is 26.1 Å². The first-order chi connectivity index (χ1) is 14.0. The summed E-state index contributed by atoms with van der Waals surface area (Å²) in [6.45, 7) is 3.15. The van der Waals surface area contributed by atoms with Gasteiger partial charge in [0.15, 0.2) is 11.5 Å². The van der Waals surface area contributed by atoms with Crippen LogP contribution in [0.4, 0.5) is 0 Å². The third-order valence-electron chi connectivity index (χ3n) is 4.89. The smallest absolute Gasteiger partial charge is 0.261 e. The Kier molecular flexibility index (Phi) is 5.18. The number of nitrogens with two attached hydrogens (primary N) is 1. The maximum Gasteiger partial charge on any atom is 0.261 e. The summed E-state index contributed by atoms with van der Waals surface area (Å²) >= 11 is 0. The van der Waals surface area contributed by atoms with Crippen molar-refractivity contribution in [1.82, 2.24) is 14.9 Å². The van der Waals surface area contributed by atoms with Gasteiger partial charge in [-0.25, -0.2) is 4.98 Å². The Morgan fingerprint density at radius 3 is 2.76 bits per heavy atom. The first-order valence-electron chi connectivity index (χ1n) is 9.42.